The van der Waals surface area contributed by atoms with Crippen molar-refractivity contribution in [2.45, 2.75) is 161 Å². The third-order valence-electron chi connectivity index (χ3n) is 7.61. The molecule has 44 heavy (non-hydrogen) atoms. The first-order chi connectivity index (χ1) is 21.0. The number of rotatable bonds is 24. The third-order valence-corrected chi connectivity index (χ3v) is 7.61. The van der Waals surface area contributed by atoms with Crippen LogP contribution in [0.3, 0.4) is 0 Å². The minimum absolute atomic E-state index is 0.0915. The molecule has 0 aromatic carbocycles. The van der Waals surface area contributed by atoms with Gasteiger partial charge in [0.2, 0.25) is 0 Å². The summed E-state index contributed by atoms with van der Waals surface area (Å²) >= 11 is 0. The lowest BCUT2D eigenvalue weighted by Crippen LogP contribution is -2.62. The Kier molecular flexibility index (Phi) is 21.5. The van der Waals surface area contributed by atoms with E-state index in [0.717, 1.165) is 19.3 Å². The van der Waals surface area contributed by atoms with Gasteiger partial charge in [-0.15, -0.1) is 0 Å². The van der Waals surface area contributed by atoms with Crippen molar-refractivity contribution in [3.05, 3.63) is 0 Å². The Balaban J connectivity index is 2.72. The predicted molar refractivity (Wildman–Crippen MR) is 161 cm³/mol. The van der Waals surface area contributed by atoms with Gasteiger partial charge in [-0.2, -0.15) is 0 Å². The predicted octanol–water partition coefficient (Wildman–Crippen LogP) is 3.33. The molecule has 0 radical (unpaired) electrons. The van der Waals surface area contributed by atoms with Gasteiger partial charge in [0.05, 0.1) is 19.1 Å². The van der Waals surface area contributed by atoms with Crippen LogP contribution in [-0.2, 0) is 38.1 Å². The number of ether oxygens (including phenoxy) is 5. The molecule has 0 aromatic heterocycles. The van der Waals surface area contributed by atoms with Gasteiger partial charge in [0.1, 0.15) is 31.0 Å². The number of aliphatic hydroxyl groups excluding tert-OH is 4. The van der Waals surface area contributed by atoms with E-state index in [1.54, 1.807) is 13.8 Å². The highest BCUT2D eigenvalue weighted by Gasteiger charge is 2.51. The van der Waals surface area contributed by atoms with Gasteiger partial charge in [0.15, 0.2) is 18.5 Å². The molecular weight excluding hydrogens is 576 g/mol. The van der Waals surface area contributed by atoms with Gasteiger partial charge in [-0.25, -0.2) is 0 Å². The Bertz CT molecular complexity index is 791. The molecule has 1 aliphatic heterocycles. The summed E-state index contributed by atoms with van der Waals surface area (Å²) in [5.74, 6) is -2.49. The zero-order valence-electron chi connectivity index (χ0n) is 27.2. The standard InChI is InChI=1S/C32H58O12/c1-5-6-7-8-9-10-11-12-13-14-15-16-17-18-27(37)43-29-28(38)26(21-40-23(4)34)42-32(30(29)44-31(39)22(2)3)41-20-25(36)24(35)19-33/h22,24-26,28-30,32-33,35-36,38H,5-21H2,1-4H3/t24-,25+,26+,28+,29-,30-,32+/m0/s1. The second-order valence-electron chi connectivity index (χ2n) is 12.0. The fourth-order valence-corrected chi connectivity index (χ4v) is 4.82. The summed E-state index contributed by atoms with van der Waals surface area (Å²) in [6, 6.07) is 0. The summed E-state index contributed by atoms with van der Waals surface area (Å²) < 4.78 is 27.5. The lowest BCUT2D eigenvalue weighted by Gasteiger charge is -2.43. The van der Waals surface area contributed by atoms with Crippen molar-refractivity contribution in [2.24, 2.45) is 5.92 Å². The lowest BCUT2D eigenvalue weighted by atomic mass is 9.98. The highest BCUT2D eigenvalue weighted by atomic mass is 16.7. The fraction of sp³-hybridized carbons (Fsp3) is 0.906. The zero-order valence-corrected chi connectivity index (χ0v) is 27.2. The Morgan fingerprint density at radius 3 is 1.84 bits per heavy atom. The van der Waals surface area contributed by atoms with Crippen LogP contribution in [0.4, 0.5) is 0 Å². The normalized spacial score (nSPS) is 23.2. The van der Waals surface area contributed by atoms with E-state index in [4.69, 9.17) is 28.8 Å². The number of hydrogen-bond acceptors (Lipinski definition) is 12. The number of hydrogen-bond donors (Lipinski definition) is 4. The Morgan fingerprint density at radius 1 is 0.795 bits per heavy atom. The van der Waals surface area contributed by atoms with E-state index in [9.17, 15) is 29.7 Å². The van der Waals surface area contributed by atoms with Crippen LogP contribution in [0, 0.1) is 5.92 Å². The van der Waals surface area contributed by atoms with Crippen LogP contribution < -0.4 is 0 Å². The first kappa shape index (κ1) is 40.2. The molecule has 0 amide bonds. The highest BCUT2D eigenvalue weighted by molar-refractivity contribution is 5.72. The average Bonchev–Trinajstić information content (AvgIpc) is 2.99. The topological polar surface area (TPSA) is 178 Å². The van der Waals surface area contributed by atoms with Crippen LogP contribution in [0.5, 0.6) is 0 Å². The molecule has 4 N–H and O–H groups in total. The van der Waals surface area contributed by atoms with E-state index in [0.29, 0.717) is 6.42 Å². The van der Waals surface area contributed by atoms with E-state index in [1.165, 1.54) is 64.7 Å². The quantitative estimate of drug-likeness (QED) is 0.0693. The molecule has 12 nitrogen and oxygen atoms in total. The second-order valence-corrected chi connectivity index (χ2v) is 12.0. The van der Waals surface area contributed by atoms with Crippen molar-refractivity contribution in [1.29, 1.82) is 0 Å². The fourth-order valence-electron chi connectivity index (χ4n) is 4.82. The maximum atomic E-state index is 12.9. The summed E-state index contributed by atoms with van der Waals surface area (Å²) in [4.78, 5) is 36.8. The number of unbranched alkanes of at least 4 members (excludes halogenated alkanes) is 12. The first-order valence-electron chi connectivity index (χ1n) is 16.5. The van der Waals surface area contributed by atoms with Crippen molar-refractivity contribution >= 4 is 17.9 Å². The second kappa shape index (κ2) is 23.5. The molecular formula is C32H58O12. The van der Waals surface area contributed by atoms with Gasteiger partial charge < -0.3 is 44.1 Å². The minimum atomic E-state index is -1.54. The Hall–Kier alpha value is -1.83. The van der Waals surface area contributed by atoms with Gasteiger partial charge in [-0.05, 0) is 6.42 Å². The number of esters is 3. The maximum absolute atomic E-state index is 12.9. The Morgan fingerprint density at radius 2 is 1.34 bits per heavy atom. The molecule has 258 valence electrons. The highest BCUT2D eigenvalue weighted by Crippen LogP contribution is 2.29. The molecule has 1 aliphatic rings. The molecule has 1 saturated heterocycles. The lowest BCUT2D eigenvalue weighted by molar-refractivity contribution is -0.311. The van der Waals surface area contributed by atoms with Crippen molar-refractivity contribution in [3.63, 3.8) is 0 Å². The summed E-state index contributed by atoms with van der Waals surface area (Å²) in [5.41, 5.74) is 0. The minimum Gasteiger partial charge on any atom is -0.463 e. The molecule has 0 saturated carbocycles. The van der Waals surface area contributed by atoms with E-state index in [2.05, 4.69) is 6.92 Å². The van der Waals surface area contributed by atoms with Crippen molar-refractivity contribution in [3.8, 4) is 0 Å². The van der Waals surface area contributed by atoms with Crippen LogP contribution in [0.2, 0.25) is 0 Å². The molecule has 0 unspecified atom stereocenters. The molecule has 7 atom stereocenters. The van der Waals surface area contributed by atoms with Crippen LogP contribution >= 0.6 is 0 Å². The summed E-state index contributed by atoms with van der Waals surface area (Å²) in [6.07, 6.45) is 5.05. The molecule has 12 heteroatoms. The molecule has 1 heterocycles. The number of carbonyl (C=O) groups excluding carboxylic acids is 3. The van der Waals surface area contributed by atoms with Crippen molar-refractivity contribution in [1.82, 2.24) is 0 Å². The SMILES string of the molecule is CCCCCCCCCCCCCCCC(=O)O[C@H]1[C@H](O)[C@@H](COC(C)=O)O[C@@H](OC[C@@H](O)[C@@H](O)CO)[C@H]1OC(=O)C(C)C. The molecule has 0 aliphatic carbocycles. The third kappa shape index (κ3) is 16.5. The number of carbonyl (C=O) groups is 3. The van der Waals surface area contributed by atoms with Gasteiger partial charge in [0, 0.05) is 13.3 Å². The molecule has 0 spiro atoms. The summed E-state index contributed by atoms with van der Waals surface area (Å²) in [6.45, 7) is 4.92. The zero-order chi connectivity index (χ0) is 32.9. The molecule has 0 aromatic rings. The first-order valence-corrected chi connectivity index (χ1v) is 16.5. The van der Waals surface area contributed by atoms with Gasteiger partial charge in [0.25, 0.3) is 0 Å². The van der Waals surface area contributed by atoms with Gasteiger partial charge in [-0.1, -0.05) is 97.8 Å². The van der Waals surface area contributed by atoms with E-state index in [1.807, 2.05) is 0 Å². The average molecular weight is 635 g/mol. The monoisotopic (exact) mass is 634 g/mol. The maximum Gasteiger partial charge on any atom is 0.308 e. The van der Waals surface area contributed by atoms with E-state index in [-0.39, 0.29) is 6.42 Å². The van der Waals surface area contributed by atoms with Crippen LogP contribution in [0.15, 0.2) is 0 Å². The van der Waals surface area contributed by atoms with Crippen molar-refractivity contribution < 1.29 is 58.5 Å². The molecule has 0 bridgehead atoms. The van der Waals surface area contributed by atoms with Crippen LogP contribution in [0.25, 0.3) is 0 Å². The van der Waals surface area contributed by atoms with Crippen LogP contribution in [0.1, 0.15) is 118 Å². The summed E-state index contributed by atoms with van der Waals surface area (Å²) in [7, 11) is 0. The van der Waals surface area contributed by atoms with Gasteiger partial charge in [-0.3, -0.25) is 14.4 Å². The van der Waals surface area contributed by atoms with E-state index < -0.39 is 86.6 Å². The smallest absolute Gasteiger partial charge is 0.308 e. The number of aliphatic hydroxyl groups is 4. The molecule has 1 rings (SSSR count). The van der Waals surface area contributed by atoms with Gasteiger partial charge >= 0.3 is 17.9 Å². The summed E-state index contributed by atoms with van der Waals surface area (Å²) in [5, 5.41) is 39.9. The van der Waals surface area contributed by atoms with Crippen LogP contribution in [-0.4, -0.2) is 101 Å². The largest absolute Gasteiger partial charge is 0.463 e. The Labute approximate surface area is 262 Å². The molecule has 1 fully saturated rings. The van der Waals surface area contributed by atoms with Crippen molar-refractivity contribution in [2.75, 3.05) is 19.8 Å². The van der Waals surface area contributed by atoms with E-state index >= 15 is 0 Å².